The summed E-state index contributed by atoms with van der Waals surface area (Å²) >= 11 is 0. The molecular formula is C17H25N3O. The van der Waals surface area contributed by atoms with Crippen LogP contribution in [0.4, 0.5) is 5.69 Å². The highest BCUT2D eigenvalue weighted by molar-refractivity contribution is 5.48. The molecule has 2 N–H and O–H groups in total. The van der Waals surface area contributed by atoms with Gasteiger partial charge in [-0.25, -0.2) is 0 Å². The van der Waals surface area contributed by atoms with Gasteiger partial charge >= 0.3 is 0 Å². The van der Waals surface area contributed by atoms with Crippen LogP contribution in [0.3, 0.4) is 0 Å². The lowest BCUT2D eigenvalue weighted by atomic mass is 10.0. The van der Waals surface area contributed by atoms with Crippen molar-refractivity contribution in [3.8, 4) is 0 Å². The van der Waals surface area contributed by atoms with Crippen LogP contribution in [0.1, 0.15) is 41.9 Å². The van der Waals surface area contributed by atoms with E-state index in [9.17, 15) is 0 Å². The molecule has 1 heterocycles. The van der Waals surface area contributed by atoms with Crippen LogP contribution >= 0.6 is 0 Å². The lowest BCUT2D eigenvalue weighted by molar-refractivity contribution is 0.299. The average Bonchev–Trinajstić information content (AvgIpc) is 2.72. The highest BCUT2D eigenvalue weighted by Gasteiger charge is 2.18. The van der Waals surface area contributed by atoms with Crippen LogP contribution in [0.5, 0.6) is 0 Å². The third-order valence-corrected chi connectivity index (χ3v) is 4.02. The van der Waals surface area contributed by atoms with Crippen molar-refractivity contribution in [1.29, 1.82) is 0 Å². The fourth-order valence-electron chi connectivity index (χ4n) is 2.77. The molecule has 0 saturated heterocycles. The Labute approximate surface area is 126 Å². The van der Waals surface area contributed by atoms with Crippen LogP contribution in [0.25, 0.3) is 0 Å². The zero-order valence-corrected chi connectivity index (χ0v) is 13.3. The van der Waals surface area contributed by atoms with E-state index in [2.05, 4.69) is 55.5 Å². The Morgan fingerprint density at radius 2 is 1.90 bits per heavy atom. The quantitative estimate of drug-likeness (QED) is 0.858. The molecule has 0 aliphatic heterocycles. The molecule has 1 aromatic carbocycles. The number of rotatable bonds is 6. The summed E-state index contributed by atoms with van der Waals surface area (Å²) < 4.78 is 1.94. The van der Waals surface area contributed by atoms with Gasteiger partial charge in [-0.2, -0.15) is 5.10 Å². The molecule has 4 heteroatoms. The van der Waals surface area contributed by atoms with Crippen LogP contribution < -0.4 is 5.32 Å². The third kappa shape index (κ3) is 3.45. The van der Waals surface area contributed by atoms with E-state index in [4.69, 9.17) is 5.11 Å². The van der Waals surface area contributed by atoms with Crippen molar-refractivity contribution in [1.82, 2.24) is 9.78 Å². The number of nitrogens with one attached hydrogen (secondary N) is 1. The van der Waals surface area contributed by atoms with Crippen molar-refractivity contribution in [3.63, 3.8) is 0 Å². The van der Waals surface area contributed by atoms with Crippen molar-refractivity contribution in [2.75, 3.05) is 11.9 Å². The summed E-state index contributed by atoms with van der Waals surface area (Å²) in [6.07, 6.45) is 1.71. The first-order valence-electron chi connectivity index (χ1n) is 7.53. The molecular weight excluding hydrogens is 262 g/mol. The van der Waals surface area contributed by atoms with Crippen LogP contribution in [0.2, 0.25) is 0 Å². The molecule has 0 aliphatic rings. The molecule has 2 rings (SSSR count). The minimum absolute atomic E-state index is 0.193. The first-order chi connectivity index (χ1) is 10.1. The molecule has 2 aromatic rings. The number of nitrogens with zero attached hydrogens (tertiary/aromatic N) is 2. The molecule has 114 valence electrons. The van der Waals surface area contributed by atoms with E-state index in [1.807, 2.05) is 11.7 Å². The zero-order valence-electron chi connectivity index (χ0n) is 13.3. The summed E-state index contributed by atoms with van der Waals surface area (Å²) in [5.41, 5.74) is 5.85. The van der Waals surface area contributed by atoms with E-state index in [1.54, 1.807) is 0 Å². The zero-order chi connectivity index (χ0) is 15.4. The second-order valence-corrected chi connectivity index (χ2v) is 5.48. The maximum absolute atomic E-state index is 8.96. The monoisotopic (exact) mass is 287 g/mol. The van der Waals surface area contributed by atoms with Crippen LogP contribution in [0.15, 0.2) is 24.3 Å². The molecule has 0 amide bonds. The Kier molecular flexibility index (Phi) is 5.02. The Hall–Kier alpha value is -1.81. The predicted octanol–water partition coefficient (Wildman–Crippen LogP) is 3.13. The number of hydrogen-bond acceptors (Lipinski definition) is 3. The highest BCUT2D eigenvalue weighted by Crippen LogP contribution is 2.27. The first-order valence-corrected chi connectivity index (χ1v) is 7.53. The van der Waals surface area contributed by atoms with Crippen LogP contribution in [-0.2, 0) is 13.5 Å². The fourth-order valence-corrected chi connectivity index (χ4v) is 2.77. The lowest BCUT2D eigenvalue weighted by Gasteiger charge is -2.19. The standard InChI is InChI=1S/C17H25N3O/c1-5-16(17-12(2)19-20(4)13(17)3)18-15-8-6-14(7-9-15)10-11-21/h6-9,16,18,21H,5,10-11H2,1-4H3. The van der Waals surface area contributed by atoms with Crippen molar-refractivity contribution in [2.24, 2.45) is 7.05 Å². The maximum atomic E-state index is 8.96. The second kappa shape index (κ2) is 6.76. The van der Waals surface area contributed by atoms with Crippen LogP contribution in [0, 0.1) is 13.8 Å². The van der Waals surface area contributed by atoms with E-state index in [-0.39, 0.29) is 12.6 Å². The van der Waals surface area contributed by atoms with E-state index in [0.29, 0.717) is 6.42 Å². The number of aliphatic hydroxyl groups excluding tert-OH is 1. The number of aliphatic hydroxyl groups is 1. The predicted molar refractivity (Wildman–Crippen MR) is 86.6 cm³/mol. The van der Waals surface area contributed by atoms with Crippen molar-refractivity contribution in [3.05, 3.63) is 46.8 Å². The van der Waals surface area contributed by atoms with E-state index in [0.717, 1.165) is 23.4 Å². The average molecular weight is 287 g/mol. The Bertz CT molecular complexity index is 587. The third-order valence-electron chi connectivity index (χ3n) is 4.02. The van der Waals surface area contributed by atoms with Gasteiger partial charge in [0.2, 0.25) is 0 Å². The molecule has 0 aliphatic carbocycles. The van der Waals surface area contributed by atoms with Gasteiger partial charge in [-0.3, -0.25) is 4.68 Å². The summed E-state index contributed by atoms with van der Waals surface area (Å²) in [5.74, 6) is 0. The van der Waals surface area contributed by atoms with Gasteiger partial charge in [-0.1, -0.05) is 19.1 Å². The van der Waals surface area contributed by atoms with Crippen LogP contribution in [-0.4, -0.2) is 21.5 Å². The lowest BCUT2D eigenvalue weighted by Crippen LogP contribution is -2.12. The van der Waals surface area contributed by atoms with Gasteiger partial charge in [0, 0.05) is 30.6 Å². The number of anilines is 1. The van der Waals surface area contributed by atoms with Crippen molar-refractivity contribution < 1.29 is 5.11 Å². The molecule has 0 saturated carbocycles. The van der Waals surface area contributed by atoms with Gasteiger partial charge < -0.3 is 10.4 Å². The molecule has 1 unspecified atom stereocenters. The van der Waals surface area contributed by atoms with Crippen molar-refractivity contribution in [2.45, 2.75) is 39.7 Å². The molecule has 0 radical (unpaired) electrons. The first kappa shape index (κ1) is 15.6. The summed E-state index contributed by atoms with van der Waals surface area (Å²) in [7, 11) is 1.99. The SMILES string of the molecule is CCC(Nc1ccc(CCO)cc1)c1c(C)nn(C)c1C. The van der Waals surface area contributed by atoms with E-state index < -0.39 is 0 Å². The van der Waals surface area contributed by atoms with E-state index in [1.165, 1.54) is 11.3 Å². The van der Waals surface area contributed by atoms with E-state index >= 15 is 0 Å². The minimum Gasteiger partial charge on any atom is -0.396 e. The molecule has 21 heavy (non-hydrogen) atoms. The largest absolute Gasteiger partial charge is 0.396 e. The number of aryl methyl sites for hydroxylation is 2. The number of hydrogen-bond donors (Lipinski definition) is 2. The van der Waals surface area contributed by atoms with Gasteiger partial charge in [-0.15, -0.1) is 0 Å². The summed E-state index contributed by atoms with van der Waals surface area (Å²) in [4.78, 5) is 0. The molecule has 1 aromatic heterocycles. The smallest absolute Gasteiger partial charge is 0.0649 e. The number of benzene rings is 1. The fraction of sp³-hybridized carbons (Fsp3) is 0.471. The molecule has 4 nitrogen and oxygen atoms in total. The Morgan fingerprint density at radius 3 is 2.38 bits per heavy atom. The second-order valence-electron chi connectivity index (χ2n) is 5.48. The van der Waals surface area contributed by atoms with Gasteiger partial charge in [0.15, 0.2) is 0 Å². The maximum Gasteiger partial charge on any atom is 0.0649 e. The van der Waals surface area contributed by atoms with Gasteiger partial charge in [0.1, 0.15) is 0 Å². The summed E-state index contributed by atoms with van der Waals surface area (Å²) in [5, 5.41) is 17.1. The Balaban J connectivity index is 2.19. The summed E-state index contributed by atoms with van der Waals surface area (Å²) in [6.45, 7) is 6.56. The Morgan fingerprint density at radius 1 is 1.24 bits per heavy atom. The normalized spacial score (nSPS) is 12.4. The van der Waals surface area contributed by atoms with Gasteiger partial charge in [0.05, 0.1) is 11.7 Å². The molecule has 0 bridgehead atoms. The topological polar surface area (TPSA) is 50.1 Å². The minimum atomic E-state index is 0.193. The van der Waals surface area contributed by atoms with Gasteiger partial charge in [0.25, 0.3) is 0 Å². The summed E-state index contributed by atoms with van der Waals surface area (Å²) in [6, 6.07) is 8.55. The molecule has 1 atom stereocenters. The van der Waals surface area contributed by atoms with Gasteiger partial charge in [-0.05, 0) is 44.4 Å². The molecule has 0 spiro atoms. The van der Waals surface area contributed by atoms with Crippen molar-refractivity contribution >= 4 is 5.69 Å². The highest BCUT2D eigenvalue weighted by atomic mass is 16.2. The number of aromatic nitrogens is 2. The molecule has 0 fully saturated rings.